The molecule has 0 saturated carbocycles. The summed E-state index contributed by atoms with van der Waals surface area (Å²) in [5.74, 6) is 0.491. The van der Waals surface area contributed by atoms with Crippen LogP contribution in [0, 0.1) is 5.92 Å². The van der Waals surface area contributed by atoms with Crippen molar-refractivity contribution in [3.63, 3.8) is 0 Å². The molecule has 1 amide bonds. The van der Waals surface area contributed by atoms with Crippen LogP contribution < -0.4 is 5.32 Å². The zero-order valence-electron chi connectivity index (χ0n) is 11.4. The van der Waals surface area contributed by atoms with E-state index in [1.807, 2.05) is 13.0 Å². The molecule has 5 heteroatoms. The molecule has 1 N–H and O–H groups in total. The van der Waals surface area contributed by atoms with Crippen LogP contribution in [0.5, 0.6) is 0 Å². The number of carbonyl (C=O) groups is 1. The van der Waals surface area contributed by atoms with Crippen LogP contribution in [0.4, 0.5) is 0 Å². The molecule has 19 heavy (non-hydrogen) atoms. The molecule has 2 rings (SSSR count). The number of aromatic nitrogens is 1. The third-order valence-electron chi connectivity index (χ3n) is 3.51. The highest BCUT2D eigenvalue weighted by Crippen LogP contribution is 2.14. The molecule has 1 atom stereocenters. The molecular weight excluding hydrogens is 262 g/mol. The maximum Gasteiger partial charge on any atom is 0.251 e. The Bertz CT molecular complexity index is 464. The summed E-state index contributed by atoms with van der Waals surface area (Å²) in [7, 11) is 2.11. The number of hydrogen-bond donors (Lipinski definition) is 1. The summed E-state index contributed by atoms with van der Waals surface area (Å²) in [4.78, 5) is 18.5. The predicted molar refractivity (Wildman–Crippen MR) is 76.6 cm³/mol. The number of nitrogens with one attached hydrogen (secondary N) is 1. The number of halogens is 1. The first-order valence-corrected chi connectivity index (χ1v) is 7.09. The van der Waals surface area contributed by atoms with E-state index in [1.54, 1.807) is 6.07 Å². The van der Waals surface area contributed by atoms with Crippen molar-refractivity contribution in [2.24, 2.45) is 5.92 Å². The van der Waals surface area contributed by atoms with E-state index in [2.05, 4.69) is 22.2 Å². The van der Waals surface area contributed by atoms with Gasteiger partial charge in [-0.3, -0.25) is 4.79 Å². The molecule has 2 heterocycles. The summed E-state index contributed by atoms with van der Waals surface area (Å²) in [6, 6.07) is 3.43. The first-order valence-electron chi connectivity index (χ1n) is 6.71. The van der Waals surface area contributed by atoms with Gasteiger partial charge in [-0.15, -0.1) is 0 Å². The van der Waals surface area contributed by atoms with Gasteiger partial charge in [-0.2, -0.15) is 0 Å². The van der Waals surface area contributed by atoms with Crippen molar-refractivity contribution in [3.8, 4) is 0 Å². The number of rotatable bonds is 4. The largest absolute Gasteiger partial charge is 0.352 e. The van der Waals surface area contributed by atoms with Crippen LogP contribution in [0.25, 0.3) is 0 Å². The summed E-state index contributed by atoms with van der Waals surface area (Å²) in [5, 5.41) is 3.37. The van der Waals surface area contributed by atoms with Gasteiger partial charge >= 0.3 is 0 Å². The van der Waals surface area contributed by atoms with Gasteiger partial charge in [0, 0.05) is 24.3 Å². The lowest BCUT2D eigenvalue weighted by Crippen LogP contribution is -2.30. The summed E-state index contributed by atoms with van der Waals surface area (Å²) in [5.41, 5.74) is 1.45. The summed E-state index contributed by atoms with van der Waals surface area (Å²) in [6.45, 7) is 4.89. The second-order valence-corrected chi connectivity index (χ2v) is 5.54. The third kappa shape index (κ3) is 3.91. The maximum absolute atomic E-state index is 12.1. The van der Waals surface area contributed by atoms with E-state index in [0.717, 1.165) is 38.2 Å². The Labute approximate surface area is 119 Å². The van der Waals surface area contributed by atoms with Gasteiger partial charge in [0.2, 0.25) is 0 Å². The Hall–Kier alpha value is -1.13. The van der Waals surface area contributed by atoms with Crippen LogP contribution in [-0.2, 0) is 6.42 Å². The summed E-state index contributed by atoms with van der Waals surface area (Å²) in [6.07, 6.45) is 1.92. The van der Waals surface area contributed by atoms with E-state index in [1.165, 1.54) is 0 Å². The van der Waals surface area contributed by atoms with Crippen LogP contribution in [-0.4, -0.2) is 42.5 Å². The van der Waals surface area contributed by atoms with Crippen LogP contribution in [0.2, 0.25) is 5.15 Å². The molecule has 1 aromatic rings. The standard InChI is InChI=1S/C14H20ClN3O/c1-3-12-6-11(7-13(15)17-12)14(19)16-8-10-4-5-18(2)9-10/h6-7,10H,3-5,8-9H2,1-2H3,(H,16,19). The molecule has 0 aliphatic carbocycles. The molecule has 104 valence electrons. The van der Waals surface area contributed by atoms with Crippen LogP contribution in [0.15, 0.2) is 12.1 Å². The molecule has 4 nitrogen and oxygen atoms in total. The van der Waals surface area contributed by atoms with Crippen molar-refractivity contribution >= 4 is 17.5 Å². The lowest BCUT2D eigenvalue weighted by Gasteiger charge is -2.12. The van der Waals surface area contributed by atoms with Gasteiger partial charge in [0.05, 0.1) is 0 Å². The van der Waals surface area contributed by atoms with Gasteiger partial charge in [-0.25, -0.2) is 4.98 Å². The average molecular weight is 282 g/mol. The molecule has 1 aliphatic heterocycles. The SMILES string of the molecule is CCc1cc(C(=O)NCC2CCN(C)C2)cc(Cl)n1. The number of pyridine rings is 1. The minimum atomic E-state index is -0.0615. The highest BCUT2D eigenvalue weighted by atomic mass is 35.5. The van der Waals surface area contributed by atoms with E-state index in [0.29, 0.717) is 16.6 Å². The van der Waals surface area contributed by atoms with E-state index < -0.39 is 0 Å². The molecule has 0 aromatic carbocycles. The molecule has 1 saturated heterocycles. The first kappa shape index (κ1) is 14.3. The van der Waals surface area contributed by atoms with Gasteiger partial charge in [0.1, 0.15) is 5.15 Å². The maximum atomic E-state index is 12.1. The number of aryl methyl sites for hydroxylation is 1. The Morgan fingerprint density at radius 1 is 1.58 bits per heavy atom. The molecule has 1 aromatic heterocycles. The number of likely N-dealkylation sites (tertiary alicyclic amines) is 1. The average Bonchev–Trinajstić information content (AvgIpc) is 2.81. The Balaban J connectivity index is 1.94. The second kappa shape index (κ2) is 6.35. The molecule has 0 radical (unpaired) electrons. The molecule has 0 bridgehead atoms. The Morgan fingerprint density at radius 2 is 2.37 bits per heavy atom. The van der Waals surface area contributed by atoms with Gasteiger partial charge in [-0.1, -0.05) is 18.5 Å². The topological polar surface area (TPSA) is 45.2 Å². The van der Waals surface area contributed by atoms with Crippen molar-refractivity contribution in [1.29, 1.82) is 0 Å². The van der Waals surface area contributed by atoms with Crippen molar-refractivity contribution in [2.75, 3.05) is 26.7 Å². The van der Waals surface area contributed by atoms with Crippen LogP contribution >= 0.6 is 11.6 Å². The van der Waals surface area contributed by atoms with Gasteiger partial charge in [-0.05, 0) is 44.5 Å². The second-order valence-electron chi connectivity index (χ2n) is 5.15. The third-order valence-corrected chi connectivity index (χ3v) is 3.71. The highest BCUT2D eigenvalue weighted by molar-refractivity contribution is 6.29. The van der Waals surface area contributed by atoms with Crippen molar-refractivity contribution in [2.45, 2.75) is 19.8 Å². The quantitative estimate of drug-likeness (QED) is 0.859. The minimum Gasteiger partial charge on any atom is -0.352 e. The van der Waals surface area contributed by atoms with E-state index in [-0.39, 0.29) is 5.91 Å². The van der Waals surface area contributed by atoms with Crippen LogP contribution in [0.3, 0.4) is 0 Å². The smallest absolute Gasteiger partial charge is 0.251 e. The predicted octanol–water partition coefficient (Wildman–Crippen LogP) is 1.98. The molecule has 1 unspecified atom stereocenters. The van der Waals surface area contributed by atoms with Gasteiger partial charge < -0.3 is 10.2 Å². The lowest BCUT2D eigenvalue weighted by molar-refractivity contribution is 0.0947. The van der Waals surface area contributed by atoms with Crippen LogP contribution in [0.1, 0.15) is 29.4 Å². The number of carbonyl (C=O) groups excluding carboxylic acids is 1. The number of amides is 1. The van der Waals surface area contributed by atoms with Crippen molar-refractivity contribution in [3.05, 3.63) is 28.5 Å². The normalized spacial score (nSPS) is 19.6. The van der Waals surface area contributed by atoms with Crippen molar-refractivity contribution in [1.82, 2.24) is 15.2 Å². The number of nitrogens with zero attached hydrogens (tertiary/aromatic N) is 2. The molecular formula is C14H20ClN3O. The summed E-state index contributed by atoms with van der Waals surface area (Å²) < 4.78 is 0. The van der Waals surface area contributed by atoms with E-state index >= 15 is 0 Å². The van der Waals surface area contributed by atoms with Gasteiger partial charge in [0.15, 0.2) is 0 Å². The Morgan fingerprint density at radius 3 is 3.00 bits per heavy atom. The lowest BCUT2D eigenvalue weighted by atomic mass is 10.1. The highest BCUT2D eigenvalue weighted by Gasteiger charge is 2.20. The van der Waals surface area contributed by atoms with Crippen molar-refractivity contribution < 1.29 is 4.79 Å². The first-order chi connectivity index (χ1) is 9.08. The molecule has 1 aliphatic rings. The molecule has 1 fully saturated rings. The molecule has 0 spiro atoms. The van der Waals surface area contributed by atoms with Gasteiger partial charge in [0.25, 0.3) is 5.91 Å². The zero-order valence-corrected chi connectivity index (χ0v) is 12.2. The summed E-state index contributed by atoms with van der Waals surface area (Å²) >= 11 is 5.92. The fourth-order valence-electron chi connectivity index (χ4n) is 2.40. The Kier molecular flexibility index (Phi) is 4.77. The zero-order chi connectivity index (χ0) is 13.8. The van der Waals surface area contributed by atoms with E-state index in [4.69, 9.17) is 11.6 Å². The monoisotopic (exact) mass is 281 g/mol. The fourth-order valence-corrected chi connectivity index (χ4v) is 2.62. The van der Waals surface area contributed by atoms with E-state index in [9.17, 15) is 4.79 Å². The number of hydrogen-bond acceptors (Lipinski definition) is 3. The minimum absolute atomic E-state index is 0.0615. The fraction of sp³-hybridized carbons (Fsp3) is 0.571.